The predicted molar refractivity (Wildman–Crippen MR) is 95.5 cm³/mol. The molecule has 1 aliphatic heterocycles. The summed E-state index contributed by atoms with van der Waals surface area (Å²) in [7, 11) is 3.46. The molecule has 0 spiro atoms. The van der Waals surface area contributed by atoms with E-state index in [-0.39, 0.29) is 5.91 Å². The normalized spacial score (nSPS) is 20.0. The standard InChI is InChI=1S/C18H24N6O/c1-12-10-15(20-11-19-12)24-8-6-7-18(24,3)17-21-13(2)9-14(22-17)16(25)23(4)5/h9-11H,6-8H2,1-5H3/t18-/m0/s1. The third kappa shape index (κ3) is 3.18. The number of carbonyl (C=O) groups excluding carboxylic acids is 1. The maximum atomic E-state index is 12.4. The quantitative estimate of drug-likeness (QED) is 0.852. The molecule has 1 saturated heterocycles. The molecule has 25 heavy (non-hydrogen) atoms. The van der Waals surface area contributed by atoms with E-state index in [9.17, 15) is 4.79 Å². The molecular formula is C18H24N6O. The van der Waals surface area contributed by atoms with Crippen LogP contribution in [0.25, 0.3) is 0 Å². The summed E-state index contributed by atoms with van der Waals surface area (Å²) in [5.41, 5.74) is 1.75. The first-order valence-electron chi connectivity index (χ1n) is 8.45. The van der Waals surface area contributed by atoms with Crippen molar-refractivity contribution in [3.63, 3.8) is 0 Å². The van der Waals surface area contributed by atoms with E-state index < -0.39 is 5.54 Å². The van der Waals surface area contributed by atoms with Gasteiger partial charge in [0.2, 0.25) is 0 Å². The lowest BCUT2D eigenvalue weighted by atomic mass is 9.97. The van der Waals surface area contributed by atoms with Crippen molar-refractivity contribution in [3.8, 4) is 0 Å². The predicted octanol–water partition coefficient (Wildman–Crippen LogP) is 2.10. The van der Waals surface area contributed by atoms with Gasteiger partial charge in [0.1, 0.15) is 17.8 Å². The minimum atomic E-state index is -0.395. The number of hydrogen-bond acceptors (Lipinski definition) is 6. The molecule has 2 aromatic rings. The second kappa shape index (κ2) is 6.38. The Hall–Kier alpha value is -2.57. The lowest BCUT2D eigenvalue weighted by Gasteiger charge is -2.35. The monoisotopic (exact) mass is 340 g/mol. The zero-order valence-electron chi connectivity index (χ0n) is 15.4. The fourth-order valence-corrected chi connectivity index (χ4v) is 3.30. The van der Waals surface area contributed by atoms with Gasteiger partial charge in [-0.15, -0.1) is 0 Å². The van der Waals surface area contributed by atoms with Crippen molar-refractivity contribution in [1.82, 2.24) is 24.8 Å². The summed E-state index contributed by atoms with van der Waals surface area (Å²) in [4.78, 5) is 34.0. The van der Waals surface area contributed by atoms with Crippen LogP contribution in [0.4, 0.5) is 5.82 Å². The highest BCUT2D eigenvalue weighted by atomic mass is 16.2. The van der Waals surface area contributed by atoms with Crippen molar-refractivity contribution < 1.29 is 4.79 Å². The second-order valence-electron chi connectivity index (χ2n) is 6.96. The van der Waals surface area contributed by atoms with E-state index in [4.69, 9.17) is 0 Å². The Balaban J connectivity index is 2.06. The van der Waals surface area contributed by atoms with Crippen LogP contribution in [0.3, 0.4) is 0 Å². The Labute approximate surface area is 148 Å². The highest BCUT2D eigenvalue weighted by Gasteiger charge is 2.42. The SMILES string of the molecule is Cc1cc(N2CCC[C@@]2(C)c2nc(C)cc(C(=O)N(C)C)n2)ncn1. The van der Waals surface area contributed by atoms with Crippen molar-refractivity contribution >= 4 is 11.7 Å². The van der Waals surface area contributed by atoms with E-state index in [1.54, 1.807) is 26.5 Å². The Morgan fingerprint density at radius 2 is 1.92 bits per heavy atom. The van der Waals surface area contributed by atoms with Crippen LogP contribution in [0.1, 0.15) is 47.5 Å². The molecule has 1 atom stereocenters. The first-order chi connectivity index (χ1) is 11.8. The number of anilines is 1. The van der Waals surface area contributed by atoms with E-state index in [2.05, 4.69) is 31.8 Å². The van der Waals surface area contributed by atoms with Crippen LogP contribution in [0.15, 0.2) is 18.5 Å². The van der Waals surface area contributed by atoms with Gasteiger partial charge in [-0.25, -0.2) is 19.9 Å². The molecule has 7 nitrogen and oxygen atoms in total. The molecule has 2 aromatic heterocycles. The van der Waals surface area contributed by atoms with E-state index in [0.29, 0.717) is 11.5 Å². The van der Waals surface area contributed by atoms with Crippen molar-refractivity contribution in [2.45, 2.75) is 39.2 Å². The smallest absolute Gasteiger partial charge is 0.272 e. The number of nitrogens with zero attached hydrogens (tertiary/aromatic N) is 6. The molecule has 0 N–H and O–H groups in total. The fourth-order valence-electron chi connectivity index (χ4n) is 3.30. The van der Waals surface area contributed by atoms with Crippen molar-refractivity contribution in [1.29, 1.82) is 0 Å². The highest BCUT2D eigenvalue weighted by Crippen LogP contribution is 2.39. The molecule has 0 aromatic carbocycles. The molecule has 7 heteroatoms. The Bertz CT molecular complexity index is 806. The second-order valence-corrected chi connectivity index (χ2v) is 6.96. The van der Waals surface area contributed by atoms with E-state index >= 15 is 0 Å². The van der Waals surface area contributed by atoms with Crippen molar-refractivity contribution in [2.75, 3.05) is 25.5 Å². The molecule has 3 heterocycles. The zero-order chi connectivity index (χ0) is 18.2. The molecule has 0 radical (unpaired) electrons. The number of amides is 1. The summed E-state index contributed by atoms with van der Waals surface area (Å²) in [5, 5.41) is 0. The average Bonchev–Trinajstić information content (AvgIpc) is 2.96. The summed E-state index contributed by atoms with van der Waals surface area (Å²) in [6, 6.07) is 3.72. The Morgan fingerprint density at radius 3 is 2.60 bits per heavy atom. The number of aryl methyl sites for hydroxylation is 2. The van der Waals surface area contributed by atoms with E-state index in [1.807, 2.05) is 19.9 Å². The number of rotatable bonds is 3. The lowest BCUT2D eigenvalue weighted by molar-refractivity contribution is 0.0821. The number of carbonyl (C=O) groups is 1. The van der Waals surface area contributed by atoms with Crippen LogP contribution in [0.5, 0.6) is 0 Å². The molecular weight excluding hydrogens is 316 g/mol. The molecule has 0 bridgehead atoms. The van der Waals surface area contributed by atoms with Crippen molar-refractivity contribution in [3.05, 3.63) is 41.4 Å². The Kier molecular flexibility index (Phi) is 4.41. The number of aromatic nitrogens is 4. The van der Waals surface area contributed by atoms with Gasteiger partial charge in [-0.1, -0.05) is 0 Å². The third-order valence-corrected chi connectivity index (χ3v) is 4.67. The van der Waals surface area contributed by atoms with Gasteiger partial charge >= 0.3 is 0 Å². The molecule has 1 aliphatic rings. The van der Waals surface area contributed by atoms with Crippen LogP contribution in [0.2, 0.25) is 0 Å². The van der Waals surface area contributed by atoms with Crippen LogP contribution in [-0.2, 0) is 5.54 Å². The van der Waals surface area contributed by atoms with Gasteiger partial charge in [-0.3, -0.25) is 4.79 Å². The third-order valence-electron chi connectivity index (χ3n) is 4.67. The maximum Gasteiger partial charge on any atom is 0.272 e. The highest BCUT2D eigenvalue weighted by molar-refractivity contribution is 5.92. The molecule has 3 rings (SSSR count). The van der Waals surface area contributed by atoms with Gasteiger partial charge in [0, 0.05) is 38.1 Å². The zero-order valence-corrected chi connectivity index (χ0v) is 15.4. The van der Waals surface area contributed by atoms with Crippen LogP contribution >= 0.6 is 0 Å². The number of hydrogen-bond donors (Lipinski definition) is 0. The van der Waals surface area contributed by atoms with Gasteiger partial charge < -0.3 is 9.80 Å². The average molecular weight is 340 g/mol. The van der Waals surface area contributed by atoms with Gasteiger partial charge in [0.25, 0.3) is 5.91 Å². The summed E-state index contributed by atoms with van der Waals surface area (Å²) >= 11 is 0. The summed E-state index contributed by atoms with van der Waals surface area (Å²) < 4.78 is 0. The first kappa shape index (κ1) is 17.3. The molecule has 0 aliphatic carbocycles. The summed E-state index contributed by atoms with van der Waals surface area (Å²) in [6.07, 6.45) is 3.52. The topological polar surface area (TPSA) is 75.1 Å². The molecule has 1 amide bonds. The molecule has 1 fully saturated rings. The van der Waals surface area contributed by atoms with Crippen LogP contribution in [0, 0.1) is 13.8 Å². The largest absolute Gasteiger partial charge is 0.344 e. The van der Waals surface area contributed by atoms with Crippen molar-refractivity contribution in [2.24, 2.45) is 0 Å². The summed E-state index contributed by atoms with van der Waals surface area (Å²) in [5.74, 6) is 1.43. The lowest BCUT2D eigenvalue weighted by Crippen LogP contribution is -2.41. The molecule has 132 valence electrons. The van der Waals surface area contributed by atoms with Gasteiger partial charge in [-0.2, -0.15) is 0 Å². The van der Waals surface area contributed by atoms with Crippen LogP contribution in [-0.4, -0.2) is 51.4 Å². The van der Waals surface area contributed by atoms with E-state index in [0.717, 1.165) is 36.6 Å². The minimum Gasteiger partial charge on any atom is -0.344 e. The molecule has 0 unspecified atom stereocenters. The molecule has 0 saturated carbocycles. The van der Waals surface area contributed by atoms with Gasteiger partial charge in [0.15, 0.2) is 5.82 Å². The first-order valence-corrected chi connectivity index (χ1v) is 8.45. The van der Waals surface area contributed by atoms with E-state index in [1.165, 1.54) is 4.90 Å². The maximum absolute atomic E-state index is 12.4. The minimum absolute atomic E-state index is 0.113. The van der Waals surface area contributed by atoms with Gasteiger partial charge in [-0.05, 0) is 39.7 Å². The Morgan fingerprint density at radius 1 is 1.16 bits per heavy atom. The summed E-state index contributed by atoms with van der Waals surface area (Å²) in [6.45, 7) is 6.85. The van der Waals surface area contributed by atoms with Crippen LogP contribution < -0.4 is 4.90 Å². The van der Waals surface area contributed by atoms with Gasteiger partial charge in [0.05, 0.1) is 5.54 Å². The fraction of sp³-hybridized carbons (Fsp3) is 0.500.